The number of nitrogens with zero attached hydrogens (tertiary/aromatic N) is 1. The number of alkyl halides is 1. The molecule has 3 heteroatoms. The van der Waals surface area contributed by atoms with E-state index < -0.39 is 0 Å². The maximum absolute atomic E-state index is 5.84. The van der Waals surface area contributed by atoms with Gasteiger partial charge in [-0.1, -0.05) is 26.8 Å². The highest BCUT2D eigenvalue weighted by Gasteiger charge is 2.13. The lowest BCUT2D eigenvalue weighted by molar-refractivity contribution is 0.587. The normalized spacial score (nSPS) is 13.7. The first-order valence-electron chi connectivity index (χ1n) is 5.24. The molecular weight excluding hydrogens is 208 g/mol. The number of nitrogens with one attached hydrogen (secondary N) is 1. The summed E-state index contributed by atoms with van der Waals surface area (Å²) in [4.78, 5) is 4.35. The zero-order valence-corrected chi connectivity index (χ0v) is 10.6. The third-order valence-electron chi connectivity index (χ3n) is 2.19. The summed E-state index contributed by atoms with van der Waals surface area (Å²) in [5.41, 5.74) is 1.40. The molecule has 0 aliphatic carbocycles. The molecule has 1 atom stereocenters. The van der Waals surface area contributed by atoms with Gasteiger partial charge in [-0.05, 0) is 24.0 Å². The first-order valence-corrected chi connectivity index (χ1v) is 5.67. The van der Waals surface area contributed by atoms with E-state index in [2.05, 4.69) is 37.1 Å². The van der Waals surface area contributed by atoms with Crippen molar-refractivity contribution in [1.82, 2.24) is 4.98 Å². The van der Waals surface area contributed by atoms with E-state index in [0.29, 0.717) is 0 Å². The summed E-state index contributed by atoms with van der Waals surface area (Å²) in [6.07, 6.45) is 1.92. The van der Waals surface area contributed by atoms with Gasteiger partial charge in [0.1, 0.15) is 5.82 Å². The summed E-state index contributed by atoms with van der Waals surface area (Å²) < 4.78 is 0. The van der Waals surface area contributed by atoms with Gasteiger partial charge in [0.25, 0.3) is 0 Å². The van der Waals surface area contributed by atoms with Crippen LogP contribution < -0.4 is 5.32 Å². The molecule has 1 rings (SSSR count). The molecule has 0 fully saturated rings. The molecule has 0 bridgehead atoms. The van der Waals surface area contributed by atoms with Crippen LogP contribution in [0.25, 0.3) is 0 Å². The van der Waals surface area contributed by atoms with E-state index in [1.165, 1.54) is 5.56 Å². The molecule has 1 aromatic heterocycles. The summed E-state index contributed by atoms with van der Waals surface area (Å²) in [5, 5.41) is 3.30. The lowest BCUT2D eigenvalue weighted by atomic mass is 9.88. The van der Waals surface area contributed by atoms with Crippen LogP contribution in [0.1, 0.15) is 33.3 Å². The Labute approximate surface area is 97.1 Å². The topological polar surface area (TPSA) is 24.9 Å². The summed E-state index contributed by atoms with van der Waals surface area (Å²) >= 11 is 5.84. The van der Waals surface area contributed by atoms with Gasteiger partial charge in [0.05, 0.1) is 0 Å². The molecule has 2 nitrogen and oxygen atoms in total. The van der Waals surface area contributed by atoms with Crippen molar-refractivity contribution < 1.29 is 0 Å². The Balaban J connectivity index is 2.65. The summed E-state index contributed by atoms with van der Waals surface area (Å²) in [7, 11) is 0. The highest BCUT2D eigenvalue weighted by Crippen LogP contribution is 2.21. The molecule has 84 valence electrons. The molecule has 0 spiro atoms. The number of hydrogen-bond acceptors (Lipinski definition) is 2. The van der Waals surface area contributed by atoms with Crippen LogP contribution in [0.2, 0.25) is 0 Å². The predicted octanol–water partition coefficient (Wildman–Crippen LogP) is 3.42. The fourth-order valence-electron chi connectivity index (χ4n) is 1.19. The van der Waals surface area contributed by atoms with Gasteiger partial charge < -0.3 is 5.32 Å². The second-order valence-electron chi connectivity index (χ2n) is 4.84. The number of anilines is 1. The quantitative estimate of drug-likeness (QED) is 0.799. The van der Waals surface area contributed by atoms with Crippen molar-refractivity contribution in [3.05, 3.63) is 23.9 Å². The number of hydrogen-bond donors (Lipinski definition) is 1. The van der Waals surface area contributed by atoms with E-state index in [9.17, 15) is 0 Å². The number of rotatable bonds is 3. The predicted molar refractivity (Wildman–Crippen MR) is 66.7 cm³/mol. The molecule has 0 aliphatic rings. The maximum atomic E-state index is 5.84. The van der Waals surface area contributed by atoms with Crippen LogP contribution in [0, 0.1) is 0 Å². The standard InChI is InChI=1S/C12H19ClN2/c1-9(13)7-14-11-6-5-10(8-15-11)12(2,3)4/h5-6,8-9H,7H2,1-4H3,(H,14,15). The van der Waals surface area contributed by atoms with E-state index in [1.54, 1.807) is 0 Å². The fourth-order valence-corrected chi connectivity index (χ4v) is 1.26. The van der Waals surface area contributed by atoms with Gasteiger partial charge in [0, 0.05) is 18.1 Å². The average Bonchev–Trinajstić information content (AvgIpc) is 2.14. The minimum Gasteiger partial charge on any atom is -0.369 e. The highest BCUT2D eigenvalue weighted by atomic mass is 35.5. The third kappa shape index (κ3) is 4.08. The SMILES string of the molecule is CC(Cl)CNc1ccc(C(C)(C)C)cn1. The van der Waals surface area contributed by atoms with Gasteiger partial charge >= 0.3 is 0 Å². The van der Waals surface area contributed by atoms with Crippen LogP contribution in [-0.2, 0) is 5.41 Å². The van der Waals surface area contributed by atoms with Crippen molar-refractivity contribution in [2.24, 2.45) is 0 Å². The van der Waals surface area contributed by atoms with Gasteiger partial charge in [-0.25, -0.2) is 4.98 Å². The number of pyridine rings is 1. The minimum absolute atomic E-state index is 0.120. The molecule has 0 radical (unpaired) electrons. The van der Waals surface area contributed by atoms with E-state index in [4.69, 9.17) is 11.6 Å². The van der Waals surface area contributed by atoms with E-state index in [-0.39, 0.29) is 10.8 Å². The molecule has 0 aliphatic heterocycles. The Morgan fingerprint density at radius 3 is 2.47 bits per heavy atom. The zero-order chi connectivity index (χ0) is 11.5. The minimum atomic E-state index is 0.120. The highest BCUT2D eigenvalue weighted by molar-refractivity contribution is 6.20. The van der Waals surface area contributed by atoms with Crippen molar-refractivity contribution in [1.29, 1.82) is 0 Å². The third-order valence-corrected chi connectivity index (χ3v) is 2.35. The molecule has 0 amide bonds. The molecule has 1 unspecified atom stereocenters. The van der Waals surface area contributed by atoms with Crippen molar-refractivity contribution >= 4 is 17.4 Å². The van der Waals surface area contributed by atoms with Gasteiger partial charge in [0.15, 0.2) is 0 Å². The van der Waals surface area contributed by atoms with Crippen LogP contribution in [0.4, 0.5) is 5.82 Å². The van der Waals surface area contributed by atoms with E-state index >= 15 is 0 Å². The van der Waals surface area contributed by atoms with Crippen LogP contribution in [0.5, 0.6) is 0 Å². The fraction of sp³-hybridized carbons (Fsp3) is 0.583. The largest absolute Gasteiger partial charge is 0.369 e. The van der Waals surface area contributed by atoms with Crippen LogP contribution in [-0.4, -0.2) is 16.9 Å². The smallest absolute Gasteiger partial charge is 0.125 e. The molecule has 0 saturated heterocycles. The maximum Gasteiger partial charge on any atom is 0.125 e. The van der Waals surface area contributed by atoms with Crippen LogP contribution >= 0.6 is 11.6 Å². The monoisotopic (exact) mass is 226 g/mol. The van der Waals surface area contributed by atoms with Gasteiger partial charge in [-0.2, -0.15) is 0 Å². The molecule has 1 N–H and O–H groups in total. The van der Waals surface area contributed by atoms with Crippen LogP contribution in [0.3, 0.4) is 0 Å². The Morgan fingerprint density at radius 2 is 2.07 bits per heavy atom. The first-order chi connectivity index (χ1) is 6.89. The molecule has 0 aromatic carbocycles. The molecule has 15 heavy (non-hydrogen) atoms. The summed E-state index contributed by atoms with van der Waals surface area (Å²) in [6.45, 7) is 9.23. The Morgan fingerprint density at radius 1 is 1.40 bits per heavy atom. The second kappa shape index (κ2) is 4.84. The molecule has 0 saturated carbocycles. The molecule has 1 aromatic rings. The average molecular weight is 227 g/mol. The lowest BCUT2D eigenvalue weighted by Crippen LogP contribution is -2.14. The second-order valence-corrected chi connectivity index (χ2v) is 5.59. The lowest BCUT2D eigenvalue weighted by Gasteiger charge is -2.18. The number of aromatic nitrogens is 1. The van der Waals surface area contributed by atoms with E-state index in [1.807, 2.05) is 19.2 Å². The molecule has 1 heterocycles. The van der Waals surface area contributed by atoms with Crippen molar-refractivity contribution in [3.8, 4) is 0 Å². The van der Waals surface area contributed by atoms with Gasteiger partial charge in [-0.3, -0.25) is 0 Å². The number of halogens is 1. The van der Waals surface area contributed by atoms with Crippen LogP contribution in [0.15, 0.2) is 18.3 Å². The zero-order valence-electron chi connectivity index (χ0n) is 9.84. The van der Waals surface area contributed by atoms with Crippen molar-refractivity contribution in [3.63, 3.8) is 0 Å². The van der Waals surface area contributed by atoms with Gasteiger partial charge in [-0.15, -0.1) is 11.6 Å². The Hall–Kier alpha value is -0.760. The molecular formula is C12H19ClN2. The summed E-state index contributed by atoms with van der Waals surface area (Å²) in [5.74, 6) is 0.885. The van der Waals surface area contributed by atoms with Crippen molar-refractivity contribution in [2.75, 3.05) is 11.9 Å². The van der Waals surface area contributed by atoms with Crippen molar-refractivity contribution in [2.45, 2.75) is 38.5 Å². The Bertz CT molecular complexity index is 298. The first kappa shape index (κ1) is 12.3. The van der Waals surface area contributed by atoms with E-state index in [0.717, 1.165) is 12.4 Å². The Kier molecular flexibility index (Phi) is 3.97. The summed E-state index contributed by atoms with van der Waals surface area (Å²) in [6, 6.07) is 4.11. The van der Waals surface area contributed by atoms with Gasteiger partial charge in [0.2, 0.25) is 0 Å².